The SMILES string of the molecule is O=C(c1ccccc1)C1CCN(C(=O)Cc2csc(-c3cccnc3)n2)CC1. The molecule has 1 aromatic carbocycles. The van der Waals surface area contributed by atoms with Crippen LogP contribution in [-0.4, -0.2) is 39.6 Å². The number of rotatable bonds is 5. The van der Waals surface area contributed by atoms with Crippen LogP contribution in [0.5, 0.6) is 0 Å². The first-order chi connectivity index (χ1) is 13.7. The molecule has 0 bridgehead atoms. The number of hydrogen-bond acceptors (Lipinski definition) is 5. The molecule has 0 atom stereocenters. The molecule has 142 valence electrons. The van der Waals surface area contributed by atoms with Crippen LogP contribution < -0.4 is 0 Å². The molecule has 2 aromatic heterocycles. The van der Waals surface area contributed by atoms with Crippen LogP contribution in [0.4, 0.5) is 0 Å². The number of hydrogen-bond donors (Lipinski definition) is 0. The van der Waals surface area contributed by atoms with Gasteiger partial charge >= 0.3 is 0 Å². The molecule has 0 radical (unpaired) electrons. The molecule has 0 N–H and O–H groups in total. The lowest BCUT2D eigenvalue weighted by atomic mass is 9.89. The first-order valence-corrected chi connectivity index (χ1v) is 10.3. The number of aromatic nitrogens is 2. The summed E-state index contributed by atoms with van der Waals surface area (Å²) in [7, 11) is 0. The van der Waals surface area contributed by atoms with E-state index in [2.05, 4.69) is 9.97 Å². The lowest BCUT2D eigenvalue weighted by Crippen LogP contribution is -2.41. The van der Waals surface area contributed by atoms with E-state index in [1.54, 1.807) is 12.4 Å². The summed E-state index contributed by atoms with van der Waals surface area (Å²) in [4.78, 5) is 35.8. The molecule has 3 heterocycles. The molecule has 1 aliphatic rings. The fourth-order valence-electron chi connectivity index (χ4n) is 3.51. The lowest BCUT2D eigenvalue weighted by Gasteiger charge is -2.31. The molecule has 1 fully saturated rings. The van der Waals surface area contributed by atoms with Gasteiger partial charge in [-0.15, -0.1) is 11.3 Å². The second kappa shape index (κ2) is 8.44. The second-order valence-corrected chi connectivity index (χ2v) is 7.81. The molecule has 1 saturated heterocycles. The van der Waals surface area contributed by atoms with E-state index in [-0.39, 0.29) is 17.6 Å². The average molecular weight is 391 g/mol. The summed E-state index contributed by atoms with van der Waals surface area (Å²) in [5.74, 6) is 0.268. The van der Waals surface area contributed by atoms with Gasteiger partial charge in [0.15, 0.2) is 5.78 Å². The van der Waals surface area contributed by atoms with Gasteiger partial charge in [0.05, 0.1) is 12.1 Å². The van der Waals surface area contributed by atoms with E-state index >= 15 is 0 Å². The third-order valence-corrected chi connectivity index (χ3v) is 6.01. The monoisotopic (exact) mass is 391 g/mol. The second-order valence-electron chi connectivity index (χ2n) is 6.95. The highest BCUT2D eigenvalue weighted by molar-refractivity contribution is 7.13. The fraction of sp³-hybridized carbons (Fsp3) is 0.273. The van der Waals surface area contributed by atoms with Crippen molar-refractivity contribution in [2.75, 3.05) is 13.1 Å². The third kappa shape index (κ3) is 4.17. The normalized spacial score (nSPS) is 14.8. The highest BCUT2D eigenvalue weighted by Crippen LogP contribution is 2.25. The molecule has 1 aliphatic heterocycles. The summed E-state index contributed by atoms with van der Waals surface area (Å²) in [5.41, 5.74) is 2.51. The number of pyridine rings is 1. The Hall–Kier alpha value is -2.86. The third-order valence-electron chi connectivity index (χ3n) is 5.07. The Morgan fingerprint density at radius 2 is 1.86 bits per heavy atom. The van der Waals surface area contributed by atoms with Crippen molar-refractivity contribution in [3.05, 3.63) is 71.5 Å². The molecule has 0 aliphatic carbocycles. The maximum Gasteiger partial charge on any atom is 0.228 e. The van der Waals surface area contributed by atoms with Crippen LogP contribution in [0.15, 0.2) is 60.2 Å². The maximum atomic E-state index is 12.7. The number of likely N-dealkylation sites (tertiary alicyclic amines) is 1. The minimum Gasteiger partial charge on any atom is -0.342 e. The Morgan fingerprint density at radius 3 is 2.57 bits per heavy atom. The van der Waals surface area contributed by atoms with Crippen molar-refractivity contribution in [2.24, 2.45) is 5.92 Å². The fourth-order valence-corrected chi connectivity index (χ4v) is 4.32. The molecule has 5 nitrogen and oxygen atoms in total. The van der Waals surface area contributed by atoms with Gasteiger partial charge < -0.3 is 4.90 Å². The number of piperidine rings is 1. The summed E-state index contributed by atoms with van der Waals surface area (Å²) in [5, 5.41) is 2.81. The zero-order chi connectivity index (χ0) is 19.3. The van der Waals surface area contributed by atoms with E-state index in [4.69, 9.17) is 0 Å². The van der Waals surface area contributed by atoms with E-state index in [1.165, 1.54) is 11.3 Å². The molecule has 0 saturated carbocycles. The van der Waals surface area contributed by atoms with Gasteiger partial charge in [-0.05, 0) is 25.0 Å². The average Bonchev–Trinajstić information content (AvgIpc) is 3.23. The van der Waals surface area contributed by atoms with Crippen LogP contribution in [-0.2, 0) is 11.2 Å². The number of nitrogens with zero attached hydrogens (tertiary/aromatic N) is 3. The van der Waals surface area contributed by atoms with E-state index in [9.17, 15) is 9.59 Å². The quantitative estimate of drug-likeness (QED) is 0.620. The minimum absolute atomic E-state index is 0.00269. The summed E-state index contributed by atoms with van der Waals surface area (Å²) >= 11 is 1.53. The van der Waals surface area contributed by atoms with E-state index in [1.807, 2.05) is 52.7 Å². The predicted molar refractivity (Wildman–Crippen MR) is 109 cm³/mol. The van der Waals surface area contributed by atoms with Gasteiger partial charge in [0, 0.05) is 47.9 Å². The number of thiazole rings is 1. The van der Waals surface area contributed by atoms with Gasteiger partial charge in [-0.1, -0.05) is 30.3 Å². The number of carbonyl (C=O) groups excluding carboxylic acids is 2. The molecule has 3 aromatic rings. The Labute approximate surface area is 168 Å². The zero-order valence-electron chi connectivity index (χ0n) is 15.5. The van der Waals surface area contributed by atoms with Crippen molar-refractivity contribution in [1.82, 2.24) is 14.9 Å². The van der Waals surface area contributed by atoms with Crippen molar-refractivity contribution < 1.29 is 9.59 Å². The molecule has 0 spiro atoms. The summed E-state index contributed by atoms with van der Waals surface area (Å²) in [6, 6.07) is 13.3. The van der Waals surface area contributed by atoms with Crippen molar-refractivity contribution in [1.29, 1.82) is 0 Å². The Morgan fingerprint density at radius 1 is 1.07 bits per heavy atom. The smallest absolute Gasteiger partial charge is 0.228 e. The Bertz CT molecular complexity index is 948. The molecule has 0 unspecified atom stereocenters. The predicted octanol–water partition coefficient (Wildman–Crippen LogP) is 3.87. The molecular weight excluding hydrogens is 370 g/mol. The first-order valence-electron chi connectivity index (χ1n) is 9.42. The van der Waals surface area contributed by atoms with Crippen LogP contribution in [0.2, 0.25) is 0 Å². The number of ketones is 1. The van der Waals surface area contributed by atoms with Crippen LogP contribution in [0, 0.1) is 5.92 Å². The van der Waals surface area contributed by atoms with Crippen LogP contribution in [0.3, 0.4) is 0 Å². The number of amides is 1. The maximum absolute atomic E-state index is 12.7. The van der Waals surface area contributed by atoms with E-state index < -0.39 is 0 Å². The summed E-state index contributed by atoms with van der Waals surface area (Å²) in [6.07, 6.45) is 5.25. The Kier molecular flexibility index (Phi) is 5.58. The lowest BCUT2D eigenvalue weighted by molar-refractivity contribution is -0.131. The van der Waals surface area contributed by atoms with E-state index in [0.717, 1.165) is 34.7 Å². The van der Waals surface area contributed by atoms with Crippen LogP contribution in [0.25, 0.3) is 10.6 Å². The van der Waals surface area contributed by atoms with Gasteiger partial charge in [-0.2, -0.15) is 0 Å². The summed E-state index contributed by atoms with van der Waals surface area (Å²) in [6.45, 7) is 1.25. The van der Waals surface area contributed by atoms with Gasteiger partial charge in [-0.25, -0.2) is 4.98 Å². The van der Waals surface area contributed by atoms with Gasteiger partial charge in [0.25, 0.3) is 0 Å². The minimum atomic E-state index is 0.00269. The van der Waals surface area contributed by atoms with Crippen molar-refractivity contribution in [2.45, 2.75) is 19.3 Å². The van der Waals surface area contributed by atoms with Gasteiger partial charge in [-0.3, -0.25) is 14.6 Å². The highest BCUT2D eigenvalue weighted by atomic mass is 32.1. The summed E-state index contributed by atoms with van der Waals surface area (Å²) < 4.78 is 0. The Balaban J connectivity index is 1.32. The molecular formula is C22H21N3O2S. The van der Waals surface area contributed by atoms with Crippen molar-refractivity contribution in [3.63, 3.8) is 0 Å². The van der Waals surface area contributed by atoms with Crippen LogP contribution >= 0.6 is 11.3 Å². The topological polar surface area (TPSA) is 63.2 Å². The largest absolute Gasteiger partial charge is 0.342 e. The number of carbonyl (C=O) groups is 2. The molecule has 28 heavy (non-hydrogen) atoms. The number of benzene rings is 1. The van der Waals surface area contributed by atoms with E-state index in [0.29, 0.717) is 19.5 Å². The number of Topliss-reactive ketones (excluding diaryl/α,β-unsaturated/α-hetero) is 1. The van der Waals surface area contributed by atoms with Crippen molar-refractivity contribution >= 4 is 23.0 Å². The molecule has 4 rings (SSSR count). The molecule has 6 heteroatoms. The standard InChI is InChI=1S/C22H21N3O2S/c26-20(13-19-15-28-22(24-19)18-7-4-10-23-14-18)25-11-8-17(9-12-25)21(27)16-5-2-1-3-6-16/h1-7,10,14-15,17H,8-9,11-13H2. The van der Waals surface area contributed by atoms with Gasteiger partial charge in [0.2, 0.25) is 5.91 Å². The zero-order valence-corrected chi connectivity index (χ0v) is 16.3. The van der Waals surface area contributed by atoms with Crippen molar-refractivity contribution in [3.8, 4) is 10.6 Å². The highest BCUT2D eigenvalue weighted by Gasteiger charge is 2.28. The van der Waals surface area contributed by atoms with Gasteiger partial charge in [0.1, 0.15) is 5.01 Å². The van der Waals surface area contributed by atoms with Crippen LogP contribution in [0.1, 0.15) is 28.9 Å². The molecule has 1 amide bonds. The first kappa shape index (κ1) is 18.5.